The Hall–Kier alpha value is -0.290. The molecule has 1 atom stereocenters. The highest BCUT2D eigenvalue weighted by Gasteiger charge is 2.16. The van der Waals surface area contributed by atoms with E-state index in [0.717, 1.165) is 3.57 Å². The monoisotopic (exact) mass is 324 g/mol. The van der Waals surface area contributed by atoms with Crippen molar-refractivity contribution in [3.63, 3.8) is 0 Å². The van der Waals surface area contributed by atoms with Crippen molar-refractivity contribution >= 4 is 40.0 Å². The van der Waals surface area contributed by atoms with E-state index in [2.05, 4.69) is 22.6 Å². The molecule has 0 aliphatic carbocycles. The smallest absolute Gasteiger partial charge is 0.184 e. The number of carbonyl (C=O) groups excluding carboxylic acids is 1. The lowest BCUT2D eigenvalue weighted by Crippen LogP contribution is -2.11. The van der Waals surface area contributed by atoms with Gasteiger partial charge in [0.05, 0.1) is 18.1 Å². The van der Waals surface area contributed by atoms with E-state index in [1.807, 2.05) is 12.1 Å². The van der Waals surface area contributed by atoms with Crippen molar-refractivity contribution in [1.29, 1.82) is 0 Å². The van der Waals surface area contributed by atoms with Gasteiger partial charge < -0.3 is 4.74 Å². The van der Waals surface area contributed by atoms with Crippen LogP contribution in [0.3, 0.4) is 0 Å². The molecule has 0 radical (unpaired) electrons. The van der Waals surface area contributed by atoms with E-state index in [9.17, 15) is 4.79 Å². The van der Waals surface area contributed by atoms with Crippen LogP contribution in [0.5, 0.6) is 5.75 Å². The van der Waals surface area contributed by atoms with Gasteiger partial charge in [0, 0.05) is 3.57 Å². The van der Waals surface area contributed by atoms with Gasteiger partial charge in [0.1, 0.15) is 5.75 Å². The Labute approximate surface area is 102 Å². The number of methoxy groups -OCH3 is 1. The van der Waals surface area contributed by atoms with E-state index in [4.69, 9.17) is 16.3 Å². The van der Waals surface area contributed by atoms with Crippen LogP contribution in [0.2, 0.25) is 0 Å². The average Bonchev–Trinajstić information content (AvgIpc) is 2.16. The van der Waals surface area contributed by atoms with E-state index < -0.39 is 5.38 Å². The number of ether oxygens (including phenoxy) is 1. The minimum absolute atomic E-state index is 0.111. The van der Waals surface area contributed by atoms with E-state index in [-0.39, 0.29) is 5.78 Å². The molecular formula is C10H10ClIO2. The molecule has 1 rings (SSSR count). The van der Waals surface area contributed by atoms with E-state index in [1.165, 1.54) is 0 Å². The number of hydrogen-bond donors (Lipinski definition) is 0. The van der Waals surface area contributed by atoms with Gasteiger partial charge in [-0.15, -0.1) is 11.6 Å². The van der Waals surface area contributed by atoms with Gasteiger partial charge in [0.15, 0.2) is 5.78 Å². The largest absolute Gasteiger partial charge is 0.496 e. The van der Waals surface area contributed by atoms with Crippen molar-refractivity contribution in [3.8, 4) is 5.75 Å². The number of alkyl halides is 1. The topological polar surface area (TPSA) is 26.3 Å². The summed E-state index contributed by atoms with van der Waals surface area (Å²) >= 11 is 7.89. The SMILES string of the molecule is COc1cc(I)ccc1C(=O)C(C)Cl. The predicted molar refractivity (Wildman–Crippen MR) is 65.4 cm³/mol. The summed E-state index contributed by atoms with van der Waals surface area (Å²) in [4.78, 5) is 11.6. The molecule has 4 heteroatoms. The number of benzene rings is 1. The summed E-state index contributed by atoms with van der Waals surface area (Å²) in [7, 11) is 1.54. The van der Waals surface area contributed by atoms with Crippen molar-refractivity contribution in [2.24, 2.45) is 0 Å². The van der Waals surface area contributed by atoms with Crippen LogP contribution >= 0.6 is 34.2 Å². The summed E-state index contributed by atoms with van der Waals surface area (Å²) in [5, 5.41) is -0.524. The molecule has 1 unspecified atom stereocenters. The number of carbonyl (C=O) groups is 1. The Bertz CT molecular complexity index is 350. The summed E-state index contributed by atoms with van der Waals surface area (Å²) in [6.45, 7) is 1.65. The fourth-order valence-corrected chi connectivity index (χ4v) is 1.66. The Morgan fingerprint density at radius 3 is 2.71 bits per heavy atom. The number of Topliss-reactive ketones (excluding diaryl/α,β-unsaturated/α-hetero) is 1. The van der Waals surface area contributed by atoms with Crippen LogP contribution in [0.1, 0.15) is 17.3 Å². The molecule has 0 saturated heterocycles. The number of halogens is 2. The number of hydrogen-bond acceptors (Lipinski definition) is 2. The minimum Gasteiger partial charge on any atom is -0.496 e. The molecule has 1 aromatic rings. The molecule has 76 valence electrons. The maximum Gasteiger partial charge on any atom is 0.184 e. The summed E-state index contributed by atoms with van der Waals surface area (Å²) in [6, 6.07) is 5.41. The molecular weight excluding hydrogens is 314 g/mol. The quantitative estimate of drug-likeness (QED) is 0.485. The van der Waals surface area contributed by atoms with Gasteiger partial charge in [-0.25, -0.2) is 0 Å². The van der Waals surface area contributed by atoms with Gasteiger partial charge in [0.25, 0.3) is 0 Å². The van der Waals surface area contributed by atoms with Crippen LogP contribution in [-0.4, -0.2) is 18.3 Å². The molecule has 0 bridgehead atoms. The summed E-state index contributed by atoms with van der Waals surface area (Å²) < 4.78 is 6.14. The number of ketones is 1. The zero-order chi connectivity index (χ0) is 10.7. The lowest BCUT2D eigenvalue weighted by atomic mass is 10.1. The Balaban J connectivity index is 3.14. The summed E-state index contributed by atoms with van der Waals surface area (Å²) in [5.74, 6) is 0.467. The van der Waals surface area contributed by atoms with Crippen LogP contribution in [-0.2, 0) is 0 Å². The first kappa shape index (κ1) is 11.8. The third-order valence-corrected chi connectivity index (χ3v) is 2.66. The Morgan fingerprint density at radius 1 is 1.57 bits per heavy atom. The van der Waals surface area contributed by atoms with Crippen molar-refractivity contribution in [1.82, 2.24) is 0 Å². The molecule has 0 saturated carbocycles. The van der Waals surface area contributed by atoms with Crippen molar-refractivity contribution in [2.75, 3.05) is 7.11 Å². The molecule has 0 aromatic heterocycles. The molecule has 0 aliphatic rings. The predicted octanol–water partition coefficient (Wildman–Crippen LogP) is 3.11. The minimum atomic E-state index is -0.524. The molecule has 0 amide bonds. The zero-order valence-electron chi connectivity index (χ0n) is 7.88. The van der Waals surface area contributed by atoms with Gasteiger partial charge in [-0.3, -0.25) is 4.79 Å². The fourth-order valence-electron chi connectivity index (χ4n) is 1.08. The zero-order valence-corrected chi connectivity index (χ0v) is 10.8. The third-order valence-electron chi connectivity index (χ3n) is 1.79. The normalized spacial score (nSPS) is 12.3. The molecule has 0 aliphatic heterocycles. The lowest BCUT2D eigenvalue weighted by molar-refractivity contribution is 0.0989. The van der Waals surface area contributed by atoms with Gasteiger partial charge in [-0.1, -0.05) is 0 Å². The maximum absolute atomic E-state index is 11.6. The van der Waals surface area contributed by atoms with Crippen LogP contribution in [0.4, 0.5) is 0 Å². The van der Waals surface area contributed by atoms with Crippen LogP contribution in [0.25, 0.3) is 0 Å². The van der Waals surface area contributed by atoms with Crippen molar-refractivity contribution in [2.45, 2.75) is 12.3 Å². The van der Waals surface area contributed by atoms with E-state index >= 15 is 0 Å². The van der Waals surface area contributed by atoms with Crippen molar-refractivity contribution < 1.29 is 9.53 Å². The highest BCUT2D eigenvalue weighted by atomic mass is 127. The molecule has 1 aromatic carbocycles. The van der Waals surface area contributed by atoms with Crippen LogP contribution in [0, 0.1) is 3.57 Å². The second kappa shape index (κ2) is 4.98. The molecule has 0 heterocycles. The standard InChI is InChI=1S/C10H10ClIO2/c1-6(11)10(13)8-4-3-7(12)5-9(8)14-2/h3-6H,1-2H3. The average molecular weight is 325 g/mol. The van der Waals surface area contributed by atoms with E-state index in [0.29, 0.717) is 11.3 Å². The van der Waals surface area contributed by atoms with Gasteiger partial charge in [0.2, 0.25) is 0 Å². The van der Waals surface area contributed by atoms with Gasteiger partial charge >= 0.3 is 0 Å². The van der Waals surface area contributed by atoms with Crippen LogP contribution < -0.4 is 4.74 Å². The second-order valence-corrected chi connectivity index (χ2v) is 4.73. The highest BCUT2D eigenvalue weighted by molar-refractivity contribution is 14.1. The molecule has 0 N–H and O–H groups in total. The van der Waals surface area contributed by atoms with E-state index in [1.54, 1.807) is 20.1 Å². The van der Waals surface area contributed by atoms with Gasteiger partial charge in [-0.05, 0) is 47.7 Å². The third kappa shape index (κ3) is 2.60. The fraction of sp³-hybridized carbons (Fsp3) is 0.300. The first-order valence-corrected chi connectivity index (χ1v) is 5.59. The van der Waals surface area contributed by atoms with Crippen molar-refractivity contribution in [3.05, 3.63) is 27.3 Å². The molecule has 0 spiro atoms. The van der Waals surface area contributed by atoms with Crippen LogP contribution in [0.15, 0.2) is 18.2 Å². The maximum atomic E-state index is 11.6. The highest BCUT2D eigenvalue weighted by Crippen LogP contribution is 2.23. The lowest BCUT2D eigenvalue weighted by Gasteiger charge is -2.08. The summed E-state index contributed by atoms with van der Waals surface area (Å²) in [6.07, 6.45) is 0. The first-order valence-electron chi connectivity index (χ1n) is 4.08. The molecule has 2 nitrogen and oxygen atoms in total. The second-order valence-electron chi connectivity index (χ2n) is 2.82. The number of rotatable bonds is 3. The first-order chi connectivity index (χ1) is 6.56. The Morgan fingerprint density at radius 2 is 2.21 bits per heavy atom. The molecule has 14 heavy (non-hydrogen) atoms. The molecule has 0 fully saturated rings. The van der Waals surface area contributed by atoms with Gasteiger partial charge in [-0.2, -0.15) is 0 Å². The Kier molecular flexibility index (Phi) is 4.19. The summed E-state index contributed by atoms with van der Waals surface area (Å²) in [5.41, 5.74) is 0.537.